The molecule has 0 atom stereocenters. The van der Waals surface area contributed by atoms with E-state index >= 15 is 0 Å². The summed E-state index contributed by atoms with van der Waals surface area (Å²) in [4.78, 5) is 14.1. The molecule has 0 saturated carbocycles. The Labute approximate surface area is 103 Å². The van der Waals surface area contributed by atoms with Gasteiger partial charge in [0.15, 0.2) is 0 Å². The number of methoxy groups -OCH3 is 1. The van der Waals surface area contributed by atoms with E-state index in [1.54, 1.807) is 7.11 Å². The first-order valence-corrected chi connectivity index (χ1v) is 5.96. The third-order valence-corrected chi connectivity index (χ3v) is 2.49. The van der Waals surface area contributed by atoms with Crippen molar-refractivity contribution in [2.45, 2.75) is 39.2 Å². The Morgan fingerprint density at radius 1 is 1.44 bits per heavy atom. The molecule has 0 aromatic rings. The average molecular weight is 246 g/mol. The quantitative estimate of drug-likeness (QED) is 0.518. The van der Waals surface area contributed by atoms with Crippen molar-refractivity contribution in [3.63, 3.8) is 0 Å². The largest absolute Gasteiger partial charge is 0.393 e. The Bertz CT molecular complexity index is 232. The number of rotatable bonds is 8. The summed E-state index contributed by atoms with van der Waals surface area (Å²) >= 11 is 4.81. The summed E-state index contributed by atoms with van der Waals surface area (Å²) in [5, 5.41) is 0. The molecular formula is C11H22N2O2S. The van der Waals surface area contributed by atoms with E-state index in [0.717, 1.165) is 6.42 Å². The first-order chi connectivity index (χ1) is 7.49. The molecule has 0 spiro atoms. The van der Waals surface area contributed by atoms with Crippen molar-refractivity contribution < 1.29 is 9.53 Å². The Morgan fingerprint density at radius 2 is 2.06 bits per heavy atom. The van der Waals surface area contributed by atoms with Crippen LogP contribution in [0.2, 0.25) is 0 Å². The lowest BCUT2D eigenvalue weighted by Crippen LogP contribution is -2.38. The molecule has 1 amide bonds. The van der Waals surface area contributed by atoms with E-state index in [2.05, 4.69) is 0 Å². The fourth-order valence-electron chi connectivity index (χ4n) is 1.41. The van der Waals surface area contributed by atoms with Crippen LogP contribution < -0.4 is 5.73 Å². The highest BCUT2D eigenvalue weighted by Gasteiger charge is 2.16. The molecule has 5 heteroatoms. The maximum Gasteiger partial charge on any atom is 0.222 e. The zero-order valence-electron chi connectivity index (χ0n) is 10.4. The van der Waals surface area contributed by atoms with Crippen LogP contribution in [0.15, 0.2) is 0 Å². The topological polar surface area (TPSA) is 55.6 Å². The van der Waals surface area contributed by atoms with Crippen molar-refractivity contribution in [1.82, 2.24) is 4.90 Å². The van der Waals surface area contributed by atoms with Gasteiger partial charge in [0.2, 0.25) is 5.91 Å². The van der Waals surface area contributed by atoms with Crippen LogP contribution in [0.5, 0.6) is 0 Å². The first-order valence-electron chi connectivity index (χ1n) is 5.55. The maximum absolute atomic E-state index is 11.9. The highest BCUT2D eigenvalue weighted by molar-refractivity contribution is 7.80. The van der Waals surface area contributed by atoms with Gasteiger partial charge < -0.3 is 15.4 Å². The summed E-state index contributed by atoms with van der Waals surface area (Å²) in [7, 11) is 1.64. The Balaban J connectivity index is 4.08. The van der Waals surface area contributed by atoms with Gasteiger partial charge in [-0.1, -0.05) is 12.2 Å². The van der Waals surface area contributed by atoms with Crippen LogP contribution in [0.3, 0.4) is 0 Å². The molecule has 0 saturated heterocycles. The number of hydrogen-bond acceptors (Lipinski definition) is 3. The molecule has 0 rings (SSSR count). The van der Waals surface area contributed by atoms with Crippen molar-refractivity contribution in [2.75, 3.05) is 20.3 Å². The third kappa shape index (κ3) is 6.74. The van der Waals surface area contributed by atoms with Gasteiger partial charge in [0.25, 0.3) is 0 Å². The fourth-order valence-corrected chi connectivity index (χ4v) is 1.50. The fraction of sp³-hybridized carbons (Fsp3) is 0.818. The van der Waals surface area contributed by atoms with Gasteiger partial charge >= 0.3 is 0 Å². The van der Waals surface area contributed by atoms with Crippen molar-refractivity contribution in [1.29, 1.82) is 0 Å². The molecule has 0 aliphatic carbocycles. The summed E-state index contributed by atoms with van der Waals surface area (Å²) in [6.07, 6.45) is 1.86. The summed E-state index contributed by atoms with van der Waals surface area (Å²) in [6.45, 7) is 5.22. The van der Waals surface area contributed by atoms with Crippen LogP contribution in [0, 0.1) is 0 Å². The van der Waals surface area contributed by atoms with Crippen molar-refractivity contribution >= 4 is 23.1 Å². The maximum atomic E-state index is 11.9. The molecule has 94 valence electrons. The van der Waals surface area contributed by atoms with E-state index in [1.807, 2.05) is 18.7 Å². The van der Waals surface area contributed by atoms with E-state index in [0.29, 0.717) is 31.0 Å². The van der Waals surface area contributed by atoms with Gasteiger partial charge in [-0.2, -0.15) is 0 Å². The van der Waals surface area contributed by atoms with Gasteiger partial charge in [0, 0.05) is 39.1 Å². The van der Waals surface area contributed by atoms with Gasteiger partial charge in [-0.15, -0.1) is 0 Å². The molecule has 0 aliphatic rings. The van der Waals surface area contributed by atoms with Crippen molar-refractivity contribution in [3.8, 4) is 0 Å². The number of nitrogens with zero attached hydrogens (tertiary/aromatic N) is 1. The lowest BCUT2D eigenvalue weighted by atomic mass is 10.2. The zero-order valence-corrected chi connectivity index (χ0v) is 11.2. The van der Waals surface area contributed by atoms with E-state index in [1.165, 1.54) is 0 Å². The highest BCUT2D eigenvalue weighted by Crippen LogP contribution is 2.05. The van der Waals surface area contributed by atoms with Gasteiger partial charge in [-0.3, -0.25) is 4.79 Å². The van der Waals surface area contributed by atoms with Gasteiger partial charge in [-0.05, 0) is 20.3 Å². The normalized spacial score (nSPS) is 10.5. The van der Waals surface area contributed by atoms with E-state index < -0.39 is 0 Å². The first kappa shape index (κ1) is 15.3. The minimum Gasteiger partial charge on any atom is -0.393 e. The van der Waals surface area contributed by atoms with Gasteiger partial charge in [0.1, 0.15) is 0 Å². The second-order valence-electron chi connectivity index (χ2n) is 3.99. The molecule has 0 aliphatic heterocycles. The number of nitrogens with two attached hydrogens (primary N) is 1. The lowest BCUT2D eigenvalue weighted by Gasteiger charge is -2.26. The smallest absolute Gasteiger partial charge is 0.222 e. The minimum absolute atomic E-state index is 0.142. The second-order valence-corrected chi connectivity index (χ2v) is 4.52. The Kier molecular flexibility index (Phi) is 8.11. The molecule has 0 aromatic carbocycles. The Morgan fingerprint density at radius 3 is 2.50 bits per heavy atom. The third-order valence-electron chi connectivity index (χ3n) is 2.28. The molecule has 0 fully saturated rings. The summed E-state index contributed by atoms with van der Waals surface area (Å²) in [6, 6.07) is 0.185. The molecule has 4 nitrogen and oxygen atoms in total. The average Bonchev–Trinajstić information content (AvgIpc) is 2.17. The Hall–Kier alpha value is -0.680. The van der Waals surface area contributed by atoms with Gasteiger partial charge in [0.05, 0.1) is 4.99 Å². The van der Waals surface area contributed by atoms with E-state index in [-0.39, 0.29) is 11.9 Å². The summed E-state index contributed by atoms with van der Waals surface area (Å²) < 4.78 is 4.92. The van der Waals surface area contributed by atoms with Gasteiger partial charge in [-0.25, -0.2) is 0 Å². The predicted molar refractivity (Wildman–Crippen MR) is 69.4 cm³/mol. The molecular weight excluding hydrogens is 224 g/mol. The number of carbonyl (C=O) groups excluding carboxylic acids is 1. The summed E-state index contributed by atoms with van der Waals surface area (Å²) in [5.41, 5.74) is 5.44. The molecule has 0 bridgehead atoms. The number of amides is 1. The predicted octanol–water partition coefficient (Wildman–Crippen LogP) is 1.33. The van der Waals surface area contributed by atoms with Crippen LogP contribution in [0.1, 0.15) is 33.1 Å². The molecule has 2 N–H and O–H groups in total. The van der Waals surface area contributed by atoms with Crippen molar-refractivity contribution in [2.24, 2.45) is 5.73 Å². The second kappa shape index (κ2) is 8.47. The standard InChI is InChI=1S/C11H22N2O2S/c1-9(2)13(7-6-10(12)16)11(14)5-4-8-15-3/h9H,4-8H2,1-3H3,(H2,12,16). The van der Waals surface area contributed by atoms with Crippen LogP contribution in [-0.4, -0.2) is 42.1 Å². The number of thiocarbonyl (C=S) groups is 1. The highest BCUT2D eigenvalue weighted by atomic mass is 32.1. The molecule has 16 heavy (non-hydrogen) atoms. The van der Waals surface area contributed by atoms with Crippen molar-refractivity contribution in [3.05, 3.63) is 0 Å². The van der Waals surface area contributed by atoms with Crippen LogP contribution >= 0.6 is 12.2 Å². The molecule has 0 aromatic heterocycles. The van der Waals surface area contributed by atoms with Crippen LogP contribution in [0.4, 0.5) is 0 Å². The van der Waals surface area contributed by atoms with E-state index in [9.17, 15) is 4.79 Å². The minimum atomic E-state index is 0.142. The van der Waals surface area contributed by atoms with Crippen LogP contribution in [-0.2, 0) is 9.53 Å². The number of hydrogen-bond donors (Lipinski definition) is 1. The lowest BCUT2D eigenvalue weighted by molar-refractivity contribution is -0.133. The number of carbonyl (C=O) groups is 1. The monoisotopic (exact) mass is 246 g/mol. The molecule has 0 heterocycles. The number of ether oxygens (including phenoxy) is 1. The summed E-state index contributed by atoms with van der Waals surface area (Å²) in [5.74, 6) is 0.142. The van der Waals surface area contributed by atoms with E-state index in [4.69, 9.17) is 22.7 Å². The molecule has 0 unspecified atom stereocenters. The van der Waals surface area contributed by atoms with Crippen LogP contribution in [0.25, 0.3) is 0 Å². The SMILES string of the molecule is COCCCC(=O)N(CCC(N)=S)C(C)C. The zero-order chi connectivity index (χ0) is 12.6. The molecule has 0 radical (unpaired) electrons.